The Morgan fingerprint density at radius 2 is 1.50 bits per heavy atom. The maximum atomic E-state index is 11.9. The number of hydrogen-bond acceptors (Lipinski definition) is 3. The van der Waals surface area contributed by atoms with Crippen LogP contribution in [0, 0.1) is 0 Å². The summed E-state index contributed by atoms with van der Waals surface area (Å²) < 4.78 is 0. The summed E-state index contributed by atoms with van der Waals surface area (Å²) in [5.41, 5.74) is 4.66. The molecular formula is C23H32IN5O. The van der Waals surface area contributed by atoms with Gasteiger partial charge >= 0.3 is 0 Å². The fraction of sp³-hybridized carbons (Fsp3) is 0.391. The van der Waals surface area contributed by atoms with E-state index in [-0.39, 0.29) is 29.9 Å². The van der Waals surface area contributed by atoms with Crippen LogP contribution in [0.15, 0.2) is 53.5 Å². The van der Waals surface area contributed by atoms with Gasteiger partial charge in [0, 0.05) is 45.3 Å². The molecule has 1 fully saturated rings. The van der Waals surface area contributed by atoms with Gasteiger partial charge in [-0.3, -0.25) is 9.79 Å². The molecule has 7 heteroatoms. The molecule has 162 valence electrons. The number of guanidine groups is 1. The monoisotopic (exact) mass is 521 g/mol. The first-order valence-corrected chi connectivity index (χ1v) is 10.1. The highest BCUT2D eigenvalue weighted by atomic mass is 127. The van der Waals surface area contributed by atoms with E-state index in [1.165, 1.54) is 11.1 Å². The summed E-state index contributed by atoms with van der Waals surface area (Å²) in [6, 6.07) is 16.8. The summed E-state index contributed by atoms with van der Waals surface area (Å²) in [5, 5.41) is 6.70. The lowest BCUT2D eigenvalue weighted by atomic mass is 10.1. The Morgan fingerprint density at radius 3 is 1.97 bits per heavy atom. The molecule has 2 N–H and O–H groups in total. The lowest BCUT2D eigenvalue weighted by Gasteiger charge is -2.16. The van der Waals surface area contributed by atoms with Gasteiger partial charge < -0.3 is 20.4 Å². The van der Waals surface area contributed by atoms with E-state index >= 15 is 0 Å². The Kier molecular flexibility index (Phi) is 9.58. The third-order valence-electron chi connectivity index (χ3n) is 4.99. The molecule has 3 rings (SSSR count). The molecule has 1 saturated heterocycles. The number of nitrogens with one attached hydrogen (secondary N) is 2. The molecule has 2 aromatic carbocycles. The first-order chi connectivity index (χ1) is 14.0. The minimum Gasteiger partial charge on any atom is -0.352 e. The largest absolute Gasteiger partial charge is 0.352 e. The zero-order chi connectivity index (χ0) is 20.6. The zero-order valence-corrected chi connectivity index (χ0v) is 20.3. The summed E-state index contributed by atoms with van der Waals surface area (Å²) in [6.45, 7) is 3.17. The number of hydrogen-bond donors (Lipinski definition) is 2. The number of nitrogens with zero attached hydrogens (tertiary/aromatic N) is 3. The van der Waals surface area contributed by atoms with Crippen LogP contribution >= 0.6 is 24.0 Å². The molecule has 0 unspecified atom stereocenters. The molecular weight excluding hydrogens is 489 g/mol. The van der Waals surface area contributed by atoms with Crippen LogP contribution in [-0.4, -0.2) is 44.5 Å². The average molecular weight is 521 g/mol. The molecule has 0 atom stereocenters. The Balaban J connectivity index is 0.00000320. The van der Waals surface area contributed by atoms with E-state index in [9.17, 15) is 4.79 Å². The topological polar surface area (TPSA) is 60.0 Å². The molecule has 0 spiro atoms. The number of aliphatic imine (C=N–C) groups is 1. The molecule has 2 aromatic rings. The van der Waals surface area contributed by atoms with Crippen LogP contribution < -0.4 is 15.5 Å². The number of carbonyl (C=O) groups excluding carboxylic acids is 1. The summed E-state index contributed by atoms with van der Waals surface area (Å²) in [4.78, 5) is 20.2. The summed E-state index contributed by atoms with van der Waals surface area (Å²) >= 11 is 0. The van der Waals surface area contributed by atoms with Crippen molar-refractivity contribution in [3.05, 3.63) is 65.2 Å². The quantitative estimate of drug-likeness (QED) is 0.334. The lowest BCUT2D eigenvalue weighted by molar-refractivity contribution is -0.117. The summed E-state index contributed by atoms with van der Waals surface area (Å²) in [6.07, 6.45) is 1.60. The third kappa shape index (κ3) is 6.98. The van der Waals surface area contributed by atoms with Gasteiger partial charge in [-0.1, -0.05) is 36.4 Å². The van der Waals surface area contributed by atoms with E-state index in [0.29, 0.717) is 13.0 Å². The summed E-state index contributed by atoms with van der Waals surface area (Å²) in [5.74, 6) is 0.983. The molecule has 1 amide bonds. The van der Waals surface area contributed by atoms with Crippen molar-refractivity contribution < 1.29 is 4.79 Å². The van der Waals surface area contributed by atoms with Crippen molar-refractivity contribution in [2.75, 3.05) is 32.6 Å². The van der Waals surface area contributed by atoms with E-state index in [1.54, 1.807) is 7.05 Å². The van der Waals surface area contributed by atoms with Crippen molar-refractivity contribution in [3.8, 4) is 0 Å². The van der Waals surface area contributed by atoms with Crippen LogP contribution in [0.1, 0.15) is 29.5 Å². The van der Waals surface area contributed by atoms with Gasteiger partial charge in [0.15, 0.2) is 5.96 Å². The maximum absolute atomic E-state index is 11.9. The van der Waals surface area contributed by atoms with Crippen LogP contribution in [0.25, 0.3) is 0 Å². The Labute approximate surface area is 196 Å². The molecule has 0 aromatic heterocycles. The van der Waals surface area contributed by atoms with E-state index in [1.807, 2.05) is 17.0 Å². The van der Waals surface area contributed by atoms with Crippen LogP contribution in [0.3, 0.4) is 0 Å². The maximum Gasteiger partial charge on any atom is 0.227 e. The highest BCUT2D eigenvalue weighted by Gasteiger charge is 2.21. The lowest BCUT2D eigenvalue weighted by Crippen LogP contribution is -2.36. The third-order valence-corrected chi connectivity index (χ3v) is 4.99. The normalized spacial score (nSPS) is 14.1. The molecule has 0 bridgehead atoms. The number of benzene rings is 2. The first-order valence-electron chi connectivity index (χ1n) is 10.1. The molecule has 30 heavy (non-hydrogen) atoms. The van der Waals surface area contributed by atoms with Gasteiger partial charge in [0.2, 0.25) is 5.91 Å². The van der Waals surface area contributed by atoms with E-state index < -0.39 is 0 Å². The van der Waals surface area contributed by atoms with Gasteiger partial charge in [0.05, 0.1) is 0 Å². The summed E-state index contributed by atoms with van der Waals surface area (Å²) in [7, 11) is 5.92. The second kappa shape index (κ2) is 11.9. The minimum absolute atomic E-state index is 0. The van der Waals surface area contributed by atoms with Gasteiger partial charge in [-0.05, 0) is 49.3 Å². The number of amides is 1. The molecule has 0 saturated carbocycles. The van der Waals surface area contributed by atoms with E-state index in [0.717, 1.165) is 43.3 Å². The second-order valence-corrected chi connectivity index (χ2v) is 7.65. The predicted octanol–water partition coefficient (Wildman–Crippen LogP) is 3.36. The predicted molar refractivity (Wildman–Crippen MR) is 134 cm³/mol. The number of rotatable bonds is 7. The molecule has 6 nitrogen and oxygen atoms in total. The zero-order valence-electron chi connectivity index (χ0n) is 18.0. The standard InChI is InChI=1S/C23H31N5O.HI/c1-24-23(25-15-18-6-8-20(9-7-18)17-27(2)3)26-16-19-10-12-21(13-11-19)28-14-4-5-22(28)29;/h6-13H,4-5,14-17H2,1-3H3,(H2,24,25,26);1H. The Bertz CT molecular complexity index is 834. The SMILES string of the molecule is CN=C(NCc1ccc(CN(C)C)cc1)NCc1ccc(N2CCCC2=O)cc1.I. The van der Waals surface area contributed by atoms with Gasteiger partial charge in [-0.25, -0.2) is 0 Å². The Morgan fingerprint density at radius 1 is 0.967 bits per heavy atom. The molecule has 1 heterocycles. The smallest absolute Gasteiger partial charge is 0.227 e. The minimum atomic E-state index is 0. The highest BCUT2D eigenvalue weighted by molar-refractivity contribution is 14.0. The van der Waals surface area contributed by atoms with Gasteiger partial charge in [0.1, 0.15) is 0 Å². The van der Waals surface area contributed by atoms with Crippen LogP contribution in [-0.2, 0) is 24.4 Å². The number of anilines is 1. The van der Waals surface area contributed by atoms with Gasteiger partial charge in [-0.15, -0.1) is 24.0 Å². The molecule has 1 aliphatic rings. The fourth-order valence-electron chi connectivity index (χ4n) is 3.43. The van der Waals surface area contributed by atoms with Crippen molar-refractivity contribution >= 4 is 41.5 Å². The fourth-order valence-corrected chi connectivity index (χ4v) is 3.43. The van der Waals surface area contributed by atoms with E-state index in [2.05, 4.69) is 71.0 Å². The number of halogens is 1. The van der Waals surface area contributed by atoms with E-state index in [4.69, 9.17) is 0 Å². The van der Waals surface area contributed by atoms with Crippen molar-refractivity contribution in [2.24, 2.45) is 4.99 Å². The van der Waals surface area contributed by atoms with Crippen molar-refractivity contribution in [3.63, 3.8) is 0 Å². The van der Waals surface area contributed by atoms with Crippen molar-refractivity contribution in [2.45, 2.75) is 32.5 Å². The van der Waals surface area contributed by atoms with Crippen LogP contribution in [0.4, 0.5) is 5.69 Å². The highest BCUT2D eigenvalue weighted by Crippen LogP contribution is 2.21. The molecule has 1 aliphatic heterocycles. The molecule has 0 aliphatic carbocycles. The average Bonchev–Trinajstić information content (AvgIpc) is 3.15. The first kappa shape index (κ1) is 24.1. The molecule has 0 radical (unpaired) electrons. The van der Waals surface area contributed by atoms with Crippen LogP contribution in [0.2, 0.25) is 0 Å². The van der Waals surface area contributed by atoms with Crippen molar-refractivity contribution in [1.29, 1.82) is 0 Å². The second-order valence-electron chi connectivity index (χ2n) is 7.65. The number of carbonyl (C=O) groups is 1. The Hall–Kier alpha value is -2.13. The van der Waals surface area contributed by atoms with Crippen LogP contribution in [0.5, 0.6) is 0 Å². The van der Waals surface area contributed by atoms with Crippen molar-refractivity contribution in [1.82, 2.24) is 15.5 Å². The van der Waals surface area contributed by atoms with Gasteiger partial charge in [0.25, 0.3) is 0 Å². The van der Waals surface area contributed by atoms with Gasteiger partial charge in [-0.2, -0.15) is 0 Å².